The molecule has 1 aliphatic heterocycles. The molecule has 1 saturated heterocycles. The van der Waals surface area contributed by atoms with Gasteiger partial charge in [0, 0.05) is 19.6 Å². The van der Waals surface area contributed by atoms with Gasteiger partial charge in [-0.05, 0) is 17.7 Å². The van der Waals surface area contributed by atoms with E-state index in [-0.39, 0.29) is 0 Å². The largest absolute Gasteiger partial charge is 0.493 e. The molecule has 0 unspecified atom stereocenters. The second-order valence-electron chi connectivity index (χ2n) is 4.52. The molecule has 5 heteroatoms. The highest BCUT2D eigenvalue weighted by Gasteiger charge is 2.29. The Morgan fingerprint density at radius 3 is 2.28 bits per heavy atom. The van der Waals surface area contributed by atoms with Crippen molar-refractivity contribution >= 4 is 0 Å². The van der Waals surface area contributed by atoms with Gasteiger partial charge in [0.05, 0.1) is 26.4 Å². The zero-order valence-corrected chi connectivity index (χ0v) is 10.7. The van der Waals surface area contributed by atoms with Crippen LogP contribution in [0.2, 0.25) is 0 Å². The van der Waals surface area contributed by atoms with Crippen LogP contribution in [0.5, 0.6) is 11.5 Å². The van der Waals surface area contributed by atoms with Crippen molar-refractivity contribution in [2.75, 3.05) is 27.3 Å². The van der Waals surface area contributed by atoms with Crippen molar-refractivity contribution in [3.8, 4) is 11.5 Å². The highest BCUT2D eigenvalue weighted by atomic mass is 16.5. The molecular formula is C13H19NO4. The molecule has 1 aliphatic rings. The van der Waals surface area contributed by atoms with Crippen molar-refractivity contribution in [3.63, 3.8) is 0 Å². The van der Waals surface area contributed by atoms with Gasteiger partial charge in [0.1, 0.15) is 0 Å². The minimum Gasteiger partial charge on any atom is -0.493 e. The average Bonchev–Trinajstić information content (AvgIpc) is 2.68. The summed E-state index contributed by atoms with van der Waals surface area (Å²) < 4.78 is 10.4. The van der Waals surface area contributed by atoms with E-state index in [0.717, 1.165) is 5.56 Å². The third-order valence-electron chi connectivity index (χ3n) is 3.19. The third kappa shape index (κ3) is 2.75. The summed E-state index contributed by atoms with van der Waals surface area (Å²) in [5.74, 6) is 1.39. The fourth-order valence-corrected chi connectivity index (χ4v) is 2.21. The molecule has 1 aromatic rings. The van der Waals surface area contributed by atoms with Crippen LogP contribution in [-0.4, -0.2) is 54.6 Å². The highest BCUT2D eigenvalue weighted by Crippen LogP contribution is 2.28. The van der Waals surface area contributed by atoms with Gasteiger partial charge in [-0.15, -0.1) is 0 Å². The van der Waals surface area contributed by atoms with Crippen molar-refractivity contribution in [1.29, 1.82) is 0 Å². The van der Waals surface area contributed by atoms with Gasteiger partial charge in [-0.1, -0.05) is 6.07 Å². The summed E-state index contributed by atoms with van der Waals surface area (Å²) in [7, 11) is 3.20. The van der Waals surface area contributed by atoms with Crippen LogP contribution in [0.25, 0.3) is 0 Å². The Bertz CT molecular complexity index is 400. The number of hydrogen-bond acceptors (Lipinski definition) is 5. The molecule has 0 amide bonds. The lowest BCUT2D eigenvalue weighted by Crippen LogP contribution is -2.22. The second-order valence-corrected chi connectivity index (χ2v) is 4.52. The Labute approximate surface area is 107 Å². The van der Waals surface area contributed by atoms with Crippen LogP contribution in [0.15, 0.2) is 18.2 Å². The van der Waals surface area contributed by atoms with Crippen molar-refractivity contribution in [2.24, 2.45) is 0 Å². The Morgan fingerprint density at radius 2 is 1.72 bits per heavy atom. The maximum atomic E-state index is 9.49. The standard InChI is InChI=1S/C13H19NO4/c1-17-12-4-3-9(5-13(12)18-2)6-14-7-10(15)11(16)8-14/h3-5,10-11,15-16H,6-8H2,1-2H3/t10-,11+. The lowest BCUT2D eigenvalue weighted by molar-refractivity contribution is 0.0572. The van der Waals surface area contributed by atoms with E-state index < -0.39 is 12.2 Å². The lowest BCUT2D eigenvalue weighted by Gasteiger charge is -2.16. The molecule has 2 rings (SSSR count). The maximum absolute atomic E-state index is 9.49. The minimum absolute atomic E-state index is 0.496. The number of ether oxygens (including phenoxy) is 2. The summed E-state index contributed by atoms with van der Waals surface area (Å²) in [5.41, 5.74) is 1.06. The molecule has 0 aromatic heterocycles. The molecule has 0 spiro atoms. The molecule has 2 N–H and O–H groups in total. The van der Waals surface area contributed by atoms with Gasteiger partial charge in [-0.3, -0.25) is 4.90 Å². The predicted molar refractivity (Wildman–Crippen MR) is 66.8 cm³/mol. The van der Waals surface area contributed by atoms with Crippen LogP contribution in [-0.2, 0) is 6.54 Å². The number of hydrogen-bond donors (Lipinski definition) is 2. The van der Waals surface area contributed by atoms with E-state index >= 15 is 0 Å². The van der Waals surface area contributed by atoms with Gasteiger partial charge in [-0.25, -0.2) is 0 Å². The van der Waals surface area contributed by atoms with Crippen LogP contribution in [0.4, 0.5) is 0 Å². The Balaban J connectivity index is 2.06. The molecule has 0 aliphatic carbocycles. The van der Waals surface area contributed by atoms with E-state index in [2.05, 4.69) is 0 Å². The summed E-state index contributed by atoms with van der Waals surface area (Å²) in [6.07, 6.45) is -1.30. The van der Waals surface area contributed by atoms with E-state index in [1.807, 2.05) is 23.1 Å². The fourth-order valence-electron chi connectivity index (χ4n) is 2.21. The van der Waals surface area contributed by atoms with Crippen molar-refractivity contribution in [2.45, 2.75) is 18.8 Å². The molecule has 18 heavy (non-hydrogen) atoms. The number of aliphatic hydroxyl groups is 2. The quantitative estimate of drug-likeness (QED) is 0.805. The Kier molecular flexibility index (Phi) is 4.06. The van der Waals surface area contributed by atoms with Crippen molar-refractivity contribution in [1.82, 2.24) is 4.90 Å². The first kappa shape index (κ1) is 13.1. The molecule has 1 aromatic carbocycles. The first-order valence-electron chi connectivity index (χ1n) is 5.93. The zero-order valence-electron chi connectivity index (χ0n) is 10.7. The molecular weight excluding hydrogens is 234 g/mol. The van der Waals surface area contributed by atoms with Crippen molar-refractivity contribution in [3.05, 3.63) is 23.8 Å². The Hall–Kier alpha value is -1.30. The SMILES string of the molecule is COc1ccc(CN2C[C@@H](O)[C@@H](O)C2)cc1OC. The van der Waals surface area contributed by atoms with Crippen molar-refractivity contribution < 1.29 is 19.7 Å². The van der Waals surface area contributed by atoms with Gasteiger partial charge in [0.2, 0.25) is 0 Å². The third-order valence-corrected chi connectivity index (χ3v) is 3.19. The average molecular weight is 253 g/mol. The van der Waals surface area contributed by atoms with Gasteiger partial charge >= 0.3 is 0 Å². The van der Waals surface area contributed by atoms with Crippen LogP contribution in [0.1, 0.15) is 5.56 Å². The molecule has 1 fully saturated rings. The first-order chi connectivity index (χ1) is 8.63. The van der Waals surface area contributed by atoms with E-state index in [9.17, 15) is 10.2 Å². The molecule has 1 heterocycles. The van der Waals surface area contributed by atoms with Crippen LogP contribution in [0, 0.1) is 0 Å². The number of methoxy groups -OCH3 is 2. The normalized spacial score (nSPS) is 24.2. The minimum atomic E-state index is -0.648. The lowest BCUT2D eigenvalue weighted by atomic mass is 10.2. The number of likely N-dealkylation sites (tertiary alicyclic amines) is 1. The van der Waals surface area contributed by atoms with E-state index in [1.54, 1.807) is 14.2 Å². The summed E-state index contributed by atoms with van der Waals surface area (Å²) in [5, 5.41) is 19.0. The first-order valence-corrected chi connectivity index (χ1v) is 5.93. The van der Waals surface area contributed by atoms with Crippen LogP contribution < -0.4 is 9.47 Å². The predicted octanol–water partition coefficient (Wildman–Crippen LogP) is 0.241. The number of rotatable bonds is 4. The summed E-state index contributed by atoms with van der Waals surface area (Å²) in [4.78, 5) is 2.01. The molecule has 0 saturated carbocycles. The molecule has 0 bridgehead atoms. The highest BCUT2D eigenvalue weighted by molar-refractivity contribution is 5.42. The van der Waals surface area contributed by atoms with Crippen LogP contribution in [0.3, 0.4) is 0 Å². The van der Waals surface area contributed by atoms with Crippen LogP contribution >= 0.6 is 0 Å². The number of benzene rings is 1. The van der Waals surface area contributed by atoms with Gasteiger partial charge in [-0.2, -0.15) is 0 Å². The molecule has 2 atom stereocenters. The van der Waals surface area contributed by atoms with E-state index in [1.165, 1.54) is 0 Å². The van der Waals surface area contributed by atoms with Gasteiger partial charge in [0.15, 0.2) is 11.5 Å². The summed E-state index contributed by atoms with van der Waals surface area (Å²) in [6, 6.07) is 5.73. The topological polar surface area (TPSA) is 62.2 Å². The van der Waals surface area contributed by atoms with Gasteiger partial charge in [0.25, 0.3) is 0 Å². The number of aliphatic hydroxyl groups excluding tert-OH is 2. The molecule has 5 nitrogen and oxygen atoms in total. The summed E-state index contributed by atoms with van der Waals surface area (Å²) in [6.45, 7) is 1.67. The molecule has 100 valence electrons. The second kappa shape index (κ2) is 5.56. The monoisotopic (exact) mass is 253 g/mol. The van der Waals surface area contributed by atoms with E-state index in [0.29, 0.717) is 31.1 Å². The van der Waals surface area contributed by atoms with E-state index in [4.69, 9.17) is 9.47 Å². The maximum Gasteiger partial charge on any atom is 0.161 e. The molecule has 0 radical (unpaired) electrons. The summed E-state index contributed by atoms with van der Waals surface area (Å²) >= 11 is 0. The Morgan fingerprint density at radius 1 is 1.11 bits per heavy atom. The smallest absolute Gasteiger partial charge is 0.161 e. The zero-order chi connectivity index (χ0) is 13.1. The number of β-amino-alcohol motifs (C(OH)–C–C–N with tert-alkyl or cyclic N) is 2. The van der Waals surface area contributed by atoms with Gasteiger partial charge < -0.3 is 19.7 Å². The number of nitrogens with zero attached hydrogens (tertiary/aromatic N) is 1. The fraction of sp³-hybridized carbons (Fsp3) is 0.538.